The molecule has 1 aliphatic heterocycles. The van der Waals surface area contributed by atoms with Crippen molar-refractivity contribution in [3.05, 3.63) is 23.5 Å². The minimum atomic E-state index is -0.0469. The topological polar surface area (TPSA) is 75.1 Å². The molecule has 0 aliphatic carbocycles. The largest absolute Gasteiger partial charge is 0.351 e. The van der Waals surface area contributed by atoms with Crippen molar-refractivity contribution in [2.24, 2.45) is 0 Å². The first-order valence-electron chi connectivity index (χ1n) is 9.16. The van der Waals surface area contributed by atoms with Gasteiger partial charge < -0.3 is 10.6 Å². The van der Waals surface area contributed by atoms with Crippen molar-refractivity contribution in [1.82, 2.24) is 30.3 Å². The van der Waals surface area contributed by atoms with E-state index in [9.17, 15) is 4.79 Å². The van der Waals surface area contributed by atoms with Gasteiger partial charge in [0, 0.05) is 45.0 Å². The van der Waals surface area contributed by atoms with E-state index in [0.717, 1.165) is 55.9 Å². The number of nitrogens with zero attached hydrogens (tertiary/aromatic N) is 4. The molecule has 1 unspecified atom stereocenters. The summed E-state index contributed by atoms with van der Waals surface area (Å²) >= 11 is 0. The quantitative estimate of drug-likeness (QED) is 0.827. The number of amides is 1. The van der Waals surface area contributed by atoms with E-state index in [0.29, 0.717) is 12.1 Å². The number of carbonyl (C=O) groups is 1. The summed E-state index contributed by atoms with van der Waals surface area (Å²) in [5, 5.41) is 11.7. The van der Waals surface area contributed by atoms with E-state index < -0.39 is 0 Å². The van der Waals surface area contributed by atoms with Crippen LogP contribution in [0.15, 0.2) is 12.3 Å². The van der Waals surface area contributed by atoms with Crippen LogP contribution in [0.5, 0.6) is 0 Å². The fourth-order valence-corrected chi connectivity index (χ4v) is 3.18. The lowest BCUT2D eigenvalue weighted by molar-refractivity contribution is 0.0948. The van der Waals surface area contributed by atoms with Crippen LogP contribution in [0, 0.1) is 6.92 Å². The number of hydrogen-bond donors (Lipinski definition) is 2. The second-order valence-electron chi connectivity index (χ2n) is 6.74. The molecule has 2 N–H and O–H groups in total. The molecule has 7 heteroatoms. The molecule has 0 bridgehead atoms. The molecule has 3 rings (SSSR count). The lowest BCUT2D eigenvalue weighted by atomic mass is 10.1. The number of piperazine rings is 1. The predicted octanol–water partition coefficient (Wildman–Crippen LogP) is 1.35. The molecule has 0 radical (unpaired) electrons. The highest BCUT2D eigenvalue weighted by Crippen LogP contribution is 2.22. The monoisotopic (exact) mass is 344 g/mol. The number of fused-ring (bicyclic) bond motifs is 1. The fourth-order valence-electron chi connectivity index (χ4n) is 3.18. The Kier molecular flexibility index (Phi) is 5.65. The summed E-state index contributed by atoms with van der Waals surface area (Å²) in [7, 11) is 0. The van der Waals surface area contributed by atoms with Crippen molar-refractivity contribution in [2.45, 2.75) is 33.2 Å². The van der Waals surface area contributed by atoms with Crippen molar-refractivity contribution in [3.8, 4) is 0 Å². The van der Waals surface area contributed by atoms with Crippen molar-refractivity contribution in [3.63, 3.8) is 0 Å². The summed E-state index contributed by atoms with van der Waals surface area (Å²) in [4.78, 5) is 19.7. The Hall–Kier alpha value is -1.99. The molecule has 1 aliphatic rings. The molecule has 2 aromatic rings. The van der Waals surface area contributed by atoms with Crippen LogP contribution in [0.2, 0.25) is 0 Å². The Morgan fingerprint density at radius 3 is 2.88 bits per heavy atom. The van der Waals surface area contributed by atoms with Crippen molar-refractivity contribution >= 4 is 16.9 Å². The van der Waals surface area contributed by atoms with E-state index in [4.69, 9.17) is 0 Å². The molecular weight excluding hydrogens is 316 g/mol. The standard InChI is InChI=1S/C18H28N6O/c1-4-14(3)24-17-16(12-21-24)15(11-13(2)22-17)18(25)20-7-10-23-8-5-19-6-9-23/h11-12,14,19H,4-10H2,1-3H3,(H,20,25). The van der Waals surface area contributed by atoms with E-state index in [-0.39, 0.29) is 11.9 Å². The maximum Gasteiger partial charge on any atom is 0.252 e. The highest BCUT2D eigenvalue weighted by atomic mass is 16.1. The number of carbonyl (C=O) groups excluding carboxylic acids is 1. The maximum absolute atomic E-state index is 12.7. The van der Waals surface area contributed by atoms with Crippen LogP contribution in [0.4, 0.5) is 0 Å². The van der Waals surface area contributed by atoms with Gasteiger partial charge in [-0.25, -0.2) is 9.67 Å². The van der Waals surface area contributed by atoms with Crippen molar-refractivity contribution < 1.29 is 4.79 Å². The molecular formula is C18H28N6O. The van der Waals surface area contributed by atoms with Crippen LogP contribution < -0.4 is 10.6 Å². The third-order valence-corrected chi connectivity index (χ3v) is 4.87. The van der Waals surface area contributed by atoms with Crippen LogP contribution in [-0.4, -0.2) is 64.8 Å². The van der Waals surface area contributed by atoms with E-state index in [1.54, 1.807) is 6.20 Å². The molecule has 2 aromatic heterocycles. The smallest absolute Gasteiger partial charge is 0.252 e. The first kappa shape index (κ1) is 17.8. The molecule has 1 amide bonds. The SMILES string of the molecule is CCC(C)n1ncc2c(C(=O)NCCN3CCNCC3)cc(C)nc21. The molecule has 0 saturated carbocycles. The van der Waals surface area contributed by atoms with Gasteiger partial charge in [0.1, 0.15) is 0 Å². The van der Waals surface area contributed by atoms with Crippen LogP contribution in [0.25, 0.3) is 11.0 Å². The first-order chi connectivity index (χ1) is 12.1. The molecule has 136 valence electrons. The lowest BCUT2D eigenvalue weighted by Gasteiger charge is -2.27. The van der Waals surface area contributed by atoms with Gasteiger partial charge >= 0.3 is 0 Å². The number of pyridine rings is 1. The Labute approximate surface area is 148 Å². The number of hydrogen-bond acceptors (Lipinski definition) is 5. The van der Waals surface area contributed by atoms with Gasteiger partial charge in [0.25, 0.3) is 5.91 Å². The zero-order valence-corrected chi connectivity index (χ0v) is 15.4. The molecule has 1 saturated heterocycles. The molecule has 25 heavy (non-hydrogen) atoms. The van der Waals surface area contributed by atoms with Gasteiger partial charge in [0.2, 0.25) is 0 Å². The summed E-state index contributed by atoms with van der Waals surface area (Å²) in [6.45, 7) is 11.8. The van der Waals surface area contributed by atoms with Gasteiger partial charge in [0.05, 0.1) is 23.2 Å². The molecule has 0 spiro atoms. The zero-order chi connectivity index (χ0) is 17.8. The van der Waals surface area contributed by atoms with E-state index in [1.165, 1.54) is 0 Å². The molecule has 3 heterocycles. The molecule has 0 aromatic carbocycles. The summed E-state index contributed by atoms with van der Waals surface area (Å²) in [6.07, 6.45) is 2.73. The Balaban J connectivity index is 1.73. The first-order valence-corrected chi connectivity index (χ1v) is 9.16. The second kappa shape index (κ2) is 7.93. The summed E-state index contributed by atoms with van der Waals surface area (Å²) in [5.41, 5.74) is 2.30. The number of rotatable bonds is 6. The Bertz CT molecular complexity index is 734. The number of aryl methyl sites for hydroxylation is 1. The van der Waals surface area contributed by atoms with Gasteiger partial charge in [-0.05, 0) is 26.3 Å². The van der Waals surface area contributed by atoms with Gasteiger partial charge in [-0.2, -0.15) is 5.10 Å². The summed E-state index contributed by atoms with van der Waals surface area (Å²) < 4.78 is 1.92. The Morgan fingerprint density at radius 2 is 2.16 bits per heavy atom. The molecule has 1 fully saturated rings. The average Bonchev–Trinajstić information content (AvgIpc) is 3.04. The lowest BCUT2D eigenvalue weighted by Crippen LogP contribution is -2.46. The third-order valence-electron chi connectivity index (χ3n) is 4.87. The van der Waals surface area contributed by atoms with E-state index in [2.05, 4.69) is 39.5 Å². The minimum Gasteiger partial charge on any atom is -0.351 e. The van der Waals surface area contributed by atoms with Crippen LogP contribution in [-0.2, 0) is 0 Å². The van der Waals surface area contributed by atoms with E-state index in [1.807, 2.05) is 17.7 Å². The van der Waals surface area contributed by atoms with Crippen LogP contribution in [0.3, 0.4) is 0 Å². The maximum atomic E-state index is 12.7. The van der Waals surface area contributed by atoms with Crippen LogP contribution >= 0.6 is 0 Å². The molecule has 7 nitrogen and oxygen atoms in total. The summed E-state index contributed by atoms with van der Waals surface area (Å²) in [5.74, 6) is -0.0469. The number of nitrogens with one attached hydrogen (secondary N) is 2. The normalized spacial score (nSPS) is 16.9. The second-order valence-corrected chi connectivity index (χ2v) is 6.74. The highest BCUT2D eigenvalue weighted by molar-refractivity contribution is 6.05. The van der Waals surface area contributed by atoms with Crippen molar-refractivity contribution in [1.29, 1.82) is 0 Å². The van der Waals surface area contributed by atoms with Gasteiger partial charge in [0.15, 0.2) is 5.65 Å². The summed E-state index contributed by atoms with van der Waals surface area (Å²) in [6, 6.07) is 2.11. The average molecular weight is 344 g/mol. The zero-order valence-electron chi connectivity index (χ0n) is 15.4. The Morgan fingerprint density at radius 1 is 1.40 bits per heavy atom. The minimum absolute atomic E-state index is 0.0469. The van der Waals surface area contributed by atoms with Crippen LogP contribution in [0.1, 0.15) is 42.4 Å². The fraction of sp³-hybridized carbons (Fsp3) is 0.611. The third kappa shape index (κ3) is 3.99. The van der Waals surface area contributed by atoms with Gasteiger partial charge in [-0.3, -0.25) is 9.69 Å². The number of aromatic nitrogens is 3. The van der Waals surface area contributed by atoms with Gasteiger partial charge in [-0.1, -0.05) is 6.92 Å². The van der Waals surface area contributed by atoms with Gasteiger partial charge in [-0.15, -0.1) is 0 Å². The predicted molar refractivity (Wildman–Crippen MR) is 98.9 cm³/mol. The highest BCUT2D eigenvalue weighted by Gasteiger charge is 2.18. The van der Waals surface area contributed by atoms with Crippen molar-refractivity contribution in [2.75, 3.05) is 39.3 Å². The van der Waals surface area contributed by atoms with E-state index >= 15 is 0 Å². The molecule has 1 atom stereocenters.